The molecule has 1 atom stereocenters. The first kappa shape index (κ1) is 15.7. The second-order valence-electron chi connectivity index (χ2n) is 5.39. The second-order valence-corrected chi connectivity index (χ2v) is 5.86. The fourth-order valence-corrected chi connectivity index (χ4v) is 3.01. The van der Waals surface area contributed by atoms with Crippen molar-refractivity contribution in [1.29, 1.82) is 0 Å². The predicted molar refractivity (Wildman–Crippen MR) is 85.7 cm³/mol. The van der Waals surface area contributed by atoms with Crippen molar-refractivity contribution in [2.45, 2.75) is 38.1 Å². The van der Waals surface area contributed by atoms with E-state index in [9.17, 15) is 9.18 Å². The van der Waals surface area contributed by atoms with Crippen LogP contribution in [0.3, 0.4) is 0 Å². The van der Waals surface area contributed by atoms with E-state index in [1.165, 1.54) is 24.6 Å². The quantitative estimate of drug-likeness (QED) is 0.748. The van der Waals surface area contributed by atoms with E-state index in [-0.39, 0.29) is 12.0 Å². The molecule has 0 bridgehead atoms. The van der Waals surface area contributed by atoms with Gasteiger partial charge in [0.25, 0.3) is 0 Å². The van der Waals surface area contributed by atoms with Gasteiger partial charge < -0.3 is 16.4 Å². The van der Waals surface area contributed by atoms with Gasteiger partial charge >= 0.3 is 6.03 Å². The van der Waals surface area contributed by atoms with E-state index in [1.54, 1.807) is 6.07 Å². The molecule has 0 radical (unpaired) electrons. The number of nitrogens with two attached hydrogens (primary N) is 1. The zero-order chi connectivity index (χ0) is 15.2. The molecule has 6 heteroatoms. The van der Waals surface area contributed by atoms with Gasteiger partial charge in [-0.05, 0) is 37.0 Å². The Balaban J connectivity index is 1.96. The lowest BCUT2D eigenvalue weighted by atomic mass is 9.84. The number of hydrogen-bond donors (Lipinski definition) is 3. The van der Waals surface area contributed by atoms with E-state index in [4.69, 9.17) is 18.0 Å². The SMILES string of the molecule is NC(=S)C(NC(=O)Nc1cccc(F)c1)C1CCCCC1. The molecule has 4 N–H and O–H groups in total. The molecule has 2 rings (SSSR count). The molecule has 1 saturated carbocycles. The van der Waals surface area contributed by atoms with Gasteiger partial charge in [0, 0.05) is 5.69 Å². The fraction of sp³-hybridized carbons (Fsp3) is 0.467. The van der Waals surface area contributed by atoms with Crippen LogP contribution >= 0.6 is 12.2 Å². The third-order valence-electron chi connectivity index (χ3n) is 3.80. The number of benzene rings is 1. The summed E-state index contributed by atoms with van der Waals surface area (Å²) >= 11 is 5.08. The molecular formula is C15H20FN3OS. The molecule has 0 aliphatic heterocycles. The first-order valence-electron chi connectivity index (χ1n) is 7.18. The van der Waals surface area contributed by atoms with Crippen LogP contribution in [-0.4, -0.2) is 17.1 Å². The van der Waals surface area contributed by atoms with Crippen molar-refractivity contribution >= 4 is 28.9 Å². The third kappa shape index (κ3) is 4.67. The number of carbonyl (C=O) groups is 1. The number of halogens is 1. The Morgan fingerprint density at radius 2 is 2.05 bits per heavy atom. The summed E-state index contributed by atoms with van der Waals surface area (Å²) in [4.78, 5) is 12.3. The Bertz CT molecular complexity index is 517. The second kappa shape index (κ2) is 7.36. The normalized spacial score (nSPS) is 17.0. The van der Waals surface area contributed by atoms with Gasteiger partial charge in [0.2, 0.25) is 0 Å². The van der Waals surface area contributed by atoms with E-state index >= 15 is 0 Å². The molecule has 114 valence electrons. The summed E-state index contributed by atoms with van der Waals surface area (Å²) < 4.78 is 13.1. The molecule has 1 aliphatic rings. The smallest absolute Gasteiger partial charge is 0.319 e. The highest BCUT2D eigenvalue weighted by Crippen LogP contribution is 2.26. The molecule has 0 saturated heterocycles. The summed E-state index contributed by atoms with van der Waals surface area (Å²) in [6.07, 6.45) is 5.52. The van der Waals surface area contributed by atoms with Crippen LogP contribution in [0.1, 0.15) is 32.1 Å². The number of carbonyl (C=O) groups excluding carboxylic acids is 1. The topological polar surface area (TPSA) is 67.1 Å². The van der Waals surface area contributed by atoms with E-state index in [2.05, 4.69) is 10.6 Å². The number of thiocarbonyl (C=S) groups is 1. The maximum absolute atomic E-state index is 13.1. The lowest BCUT2D eigenvalue weighted by molar-refractivity contribution is 0.242. The third-order valence-corrected chi connectivity index (χ3v) is 4.05. The molecule has 0 aromatic heterocycles. The zero-order valence-electron chi connectivity index (χ0n) is 11.8. The van der Waals surface area contributed by atoms with Gasteiger partial charge in [0.1, 0.15) is 5.82 Å². The van der Waals surface area contributed by atoms with Gasteiger partial charge in [0.05, 0.1) is 11.0 Å². The summed E-state index contributed by atoms with van der Waals surface area (Å²) in [5.74, 6) is -0.111. The van der Waals surface area contributed by atoms with Gasteiger partial charge in [-0.25, -0.2) is 9.18 Å². The molecule has 4 nitrogen and oxygen atoms in total. The molecule has 1 aromatic carbocycles. The van der Waals surface area contributed by atoms with Crippen molar-refractivity contribution in [3.63, 3.8) is 0 Å². The molecule has 1 unspecified atom stereocenters. The highest BCUT2D eigenvalue weighted by molar-refractivity contribution is 7.80. The molecule has 1 fully saturated rings. The van der Waals surface area contributed by atoms with Crippen LogP contribution in [0.25, 0.3) is 0 Å². The number of hydrogen-bond acceptors (Lipinski definition) is 2. The van der Waals surface area contributed by atoms with Gasteiger partial charge in [0.15, 0.2) is 0 Å². The number of anilines is 1. The summed E-state index contributed by atoms with van der Waals surface area (Å²) in [5, 5.41) is 5.42. The standard InChI is InChI=1S/C15H20FN3OS/c16-11-7-4-8-12(9-11)18-15(20)19-13(14(17)21)10-5-2-1-3-6-10/h4,7-10,13H,1-3,5-6H2,(H2,17,21)(H2,18,19,20). The highest BCUT2D eigenvalue weighted by Gasteiger charge is 2.27. The lowest BCUT2D eigenvalue weighted by Gasteiger charge is -2.30. The van der Waals surface area contributed by atoms with Crippen molar-refractivity contribution in [2.24, 2.45) is 11.7 Å². The first-order valence-corrected chi connectivity index (χ1v) is 7.59. The van der Waals surface area contributed by atoms with Crippen molar-refractivity contribution in [1.82, 2.24) is 5.32 Å². The number of amides is 2. The molecule has 0 heterocycles. The van der Waals surface area contributed by atoms with Crippen LogP contribution in [0.4, 0.5) is 14.9 Å². The maximum atomic E-state index is 13.1. The van der Waals surface area contributed by atoms with Crippen LogP contribution in [0.2, 0.25) is 0 Å². The summed E-state index contributed by atoms with van der Waals surface area (Å²) in [6, 6.07) is 5.02. The van der Waals surface area contributed by atoms with Gasteiger partial charge in [-0.1, -0.05) is 37.5 Å². The predicted octanol–water partition coefficient (Wildman–Crippen LogP) is 3.18. The summed E-state index contributed by atoms with van der Waals surface area (Å²) in [7, 11) is 0. The fourth-order valence-electron chi connectivity index (χ4n) is 2.76. The molecule has 0 spiro atoms. The average molecular weight is 309 g/mol. The van der Waals surface area contributed by atoms with Gasteiger partial charge in [-0.3, -0.25) is 0 Å². The minimum Gasteiger partial charge on any atom is -0.392 e. The van der Waals surface area contributed by atoms with Crippen LogP contribution in [0.15, 0.2) is 24.3 Å². The molecule has 2 amide bonds. The number of urea groups is 1. The van der Waals surface area contributed by atoms with Crippen molar-refractivity contribution in [3.8, 4) is 0 Å². The Morgan fingerprint density at radius 1 is 1.33 bits per heavy atom. The average Bonchev–Trinajstić information content (AvgIpc) is 2.45. The highest BCUT2D eigenvalue weighted by atomic mass is 32.1. The minimum atomic E-state index is -0.413. The van der Waals surface area contributed by atoms with Crippen molar-refractivity contribution < 1.29 is 9.18 Å². The molecule has 1 aliphatic carbocycles. The van der Waals surface area contributed by atoms with Crippen LogP contribution < -0.4 is 16.4 Å². The first-order chi connectivity index (χ1) is 10.1. The molecular weight excluding hydrogens is 289 g/mol. The lowest BCUT2D eigenvalue weighted by Crippen LogP contribution is -2.50. The minimum absolute atomic E-state index is 0.287. The molecule has 1 aromatic rings. The van der Waals surface area contributed by atoms with Crippen LogP contribution in [0, 0.1) is 11.7 Å². The van der Waals surface area contributed by atoms with Gasteiger partial charge in [-0.15, -0.1) is 0 Å². The van der Waals surface area contributed by atoms with Crippen molar-refractivity contribution in [2.75, 3.05) is 5.32 Å². The van der Waals surface area contributed by atoms with Crippen molar-refractivity contribution in [3.05, 3.63) is 30.1 Å². The number of rotatable bonds is 4. The van der Waals surface area contributed by atoms with Crippen LogP contribution in [-0.2, 0) is 0 Å². The monoisotopic (exact) mass is 309 g/mol. The Hall–Kier alpha value is -1.69. The number of nitrogens with one attached hydrogen (secondary N) is 2. The Labute approximate surface area is 129 Å². The maximum Gasteiger partial charge on any atom is 0.319 e. The summed E-state index contributed by atoms with van der Waals surface area (Å²) in [5.41, 5.74) is 6.16. The van der Waals surface area contributed by atoms with E-state index in [0.29, 0.717) is 10.7 Å². The van der Waals surface area contributed by atoms with Crippen LogP contribution in [0.5, 0.6) is 0 Å². The Morgan fingerprint density at radius 3 is 2.67 bits per heavy atom. The van der Waals surface area contributed by atoms with Gasteiger partial charge in [-0.2, -0.15) is 0 Å². The Kier molecular flexibility index (Phi) is 5.50. The van der Waals surface area contributed by atoms with E-state index < -0.39 is 11.8 Å². The van der Waals surface area contributed by atoms with E-state index in [0.717, 1.165) is 25.7 Å². The molecule has 21 heavy (non-hydrogen) atoms. The zero-order valence-corrected chi connectivity index (χ0v) is 12.6. The van der Waals surface area contributed by atoms with E-state index in [1.807, 2.05) is 0 Å². The largest absolute Gasteiger partial charge is 0.392 e. The summed E-state index contributed by atoms with van der Waals surface area (Å²) in [6.45, 7) is 0.